The number of hydrogen-bond donors (Lipinski definition) is 0. The first kappa shape index (κ1) is 17.2. The molecule has 0 aliphatic heterocycles. The molecule has 0 fully saturated rings. The van der Waals surface area contributed by atoms with Crippen molar-refractivity contribution >= 4 is 20.7 Å². The van der Waals surface area contributed by atoms with Crippen LogP contribution in [0, 0.1) is 0 Å². The van der Waals surface area contributed by atoms with Gasteiger partial charge in [-0.15, -0.1) is 0 Å². The van der Waals surface area contributed by atoms with Gasteiger partial charge in [0.15, 0.2) is 0 Å². The van der Waals surface area contributed by atoms with Crippen molar-refractivity contribution in [1.29, 1.82) is 0 Å². The smallest absolute Gasteiger partial charge is 0.208 e. The first-order valence-corrected chi connectivity index (χ1v) is 9.92. The summed E-state index contributed by atoms with van der Waals surface area (Å²) in [6.45, 7) is 0. The molecule has 0 saturated carbocycles. The second-order valence-electron chi connectivity index (χ2n) is 6.06. The van der Waals surface area contributed by atoms with Crippen molar-refractivity contribution in [2.75, 3.05) is 7.11 Å². The molecule has 0 spiro atoms. The lowest BCUT2D eigenvalue weighted by Crippen LogP contribution is -2.05. The van der Waals surface area contributed by atoms with E-state index in [9.17, 15) is 8.42 Å². The van der Waals surface area contributed by atoms with Gasteiger partial charge in [-0.25, -0.2) is 8.42 Å². The Morgan fingerprint density at radius 1 is 0.852 bits per heavy atom. The zero-order valence-electron chi connectivity index (χ0n) is 14.7. The minimum atomic E-state index is -3.73. The summed E-state index contributed by atoms with van der Waals surface area (Å²) in [6.07, 6.45) is 1.44. The fourth-order valence-electron chi connectivity index (χ4n) is 3.11. The molecule has 0 bridgehead atoms. The molecule has 4 nitrogen and oxygen atoms in total. The summed E-state index contributed by atoms with van der Waals surface area (Å²) in [5.41, 5.74) is 2.15. The third kappa shape index (κ3) is 3.06. The largest absolute Gasteiger partial charge is 0.497 e. The molecular formula is C22H17NO3S. The Morgan fingerprint density at radius 2 is 1.52 bits per heavy atom. The Morgan fingerprint density at radius 3 is 2.19 bits per heavy atom. The second kappa shape index (κ2) is 6.85. The van der Waals surface area contributed by atoms with Gasteiger partial charge < -0.3 is 4.74 Å². The van der Waals surface area contributed by atoms with E-state index in [4.69, 9.17) is 4.74 Å². The van der Waals surface area contributed by atoms with Gasteiger partial charge in [0, 0.05) is 17.1 Å². The number of nitrogens with zero attached hydrogens (tertiary/aromatic N) is 1. The van der Waals surface area contributed by atoms with Gasteiger partial charge in [-0.2, -0.15) is 0 Å². The number of aromatic nitrogens is 1. The molecule has 4 aromatic rings. The van der Waals surface area contributed by atoms with E-state index in [2.05, 4.69) is 4.98 Å². The van der Waals surface area contributed by atoms with Crippen LogP contribution in [-0.4, -0.2) is 20.5 Å². The highest BCUT2D eigenvalue weighted by molar-refractivity contribution is 7.91. The van der Waals surface area contributed by atoms with Crippen LogP contribution in [0.2, 0.25) is 0 Å². The highest BCUT2D eigenvalue weighted by Gasteiger charge is 2.24. The van der Waals surface area contributed by atoms with Gasteiger partial charge in [-0.1, -0.05) is 48.5 Å². The molecule has 0 aliphatic rings. The van der Waals surface area contributed by atoms with Crippen LogP contribution >= 0.6 is 0 Å². The Kier molecular flexibility index (Phi) is 4.38. The van der Waals surface area contributed by atoms with Gasteiger partial charge in [0.2, 0.25) is 9.84 Å². The van der Waals surface area contributed by atoms with Crippen molar-refractivity contribution in [3.63, 3.8) is 0 Å². The lowest BCUT2D eigenvalue weighted by Gasteiger charge is -2.14. The lowest BCUT2D eigenvalue weighted by atomic mass is 10.0. The summed E-state index contributed by atoms with van der Waals surface area (Å²) in [4.78, 5) is 4.82. The summed E-state index contributed by atoms with van der Waals surface area (Å²) in [5.74, 6) is 0.649. The number of sulfone groups is 1. The zero-order valence-corrected chi connectivity index (χ0v) is 15.5. The zero-order chi connectivity index (χ0) is 18.9. The van der Waals surface area contributed by atoms with Gasteiger partial charge in [-0.05, 0) is 35.9 Å². The fourth-order valence-corrected chi connectivity index (χ4v) is 4.57. The third-order valence-corrected chi connectivity index (χ3v) is 6.23. The maximum Gasteiger partial charge on any atom is 0.208 e. The van der Waals surface area contributed by atoms with Gasteiger partial charge in [-0.3, -0.25) is 4.98 Å². The van der Waals surface area contributed by atoms with E-state index in [-0.39, 0.29) is 9.79 Å². The van der Waals surface area contributed by atoms with Crippen LogP contribution in [-0.2, 0) is 9.84 Å². The van der Waals surface area contributed by atoms with Gasteiger partial charge in [0.1, 0.15) is 5.75 Å². The van der Waals surface area contributed by atoms with Gasteiger partial charge in [0.05, 0.1) is 22.4 Å². The van der Waals surface area contributed by atoms with E-state index >= 15 is 0 Å². The Bertz CT molecular complexity index is 1200. The Labute approximate surface area is 158 Å². The molecule has 134 valence electrons. The molecule has 0 aliphatic carbocycles. The lowest BCUT2D eigenvalue weighted by molar-refractivity contribution is 0.415. The van der Waals surface area contributed by atoms with Crippen molar-refractivity contribution in [3.05, 3.63) is 85.1 Å². The molecule has 0 radical (unpaired) electrons. The number of hydrogen-bond acceptors (Lipinski definition) is 4. The van der Waals surface area contributed by atoms with E-state index < -0.39 is 9.84 Å². The molecule has 1 aromatic heterocycles. The fraction of sp³-hybridized carbons (Fsp3) is 0.0455. The number of benzene rings is 3. The summed E-state index contributed by atoms with van der Waals surface area (Å²) in [5, 5.41) is 0.734. The van der Waals surface area contributed by atoms with Crippen molar-refractivity contribution < 1.29 is 13.2 Å². The number of methoxy groups -OCH3 is 1. The van der Waals surface area contributed by atoms with E-state index in [1.807, 2.05) is 48.5 Å². The van der Waals surface area contributed by atoms with Crippen LogP contribution in [0.25, 0.3) is 22.0 Å². The maximum atomic E-state index is 13.4. The molecular weight excluding hydrogens is 358 g/mol. The molecule has 4 rings (SSSR count). The van der Waals surface area contributed by atoms with E-state index in [0.717, 1.165) is 10.9 Å². The normalized spacial score (nSPS) is 11.4. The van der Waals surface area contributed by atoms with E-state index in [1.165, 1.54) is 6.20 Å². The van der Waals surface area contributed by atoms with Crippen molar-refractivity contribution in [3.8, 4) is 16.9 Å². The summed E-state index contributed by atoms with van der Waals surface area (Å²) >= 11 is 0. The minimum absolute atomic E-state index is 0.181. The van der Waals surface area contributed by atoms with Crippen LogP contribution < -0.4 is 4.74 Å². The topological polar surface area (TPSA) is 56.3 Å². The van der Waals surface area contributed by atoms with Crippen molar-refractivity contribution in [2.45, 2.75) is 9.79 Å². The highest BCUT2D eigenvalue weighted by atomic mass is 32.2. The van der Waals surface area contributed by atoms with Gasteiger partial charge in [0.25, 0.3) is 0 Å². The molecule has 0 saturated heterocycles. The standard InChI is InChI=1S/C22H17NO3S/c1-26-17-12-13-20-19(14-17)22(16-8-4-2-5-9-16)21(15-23-20)27(24,25)18-10-6-3-7-11-18/h2-15H,1H3. The molecule has 0 amide bonds. The molecule has 5 heteroatoms. The van der Waals surface area contributed by atoms with E-state index in [0.29, 0.717) is 16.8 Å². The average molecular weight is 375 g/mol. The highest BCUT2D eigenvalue weighted by Crippen LogP contribution is 2.37. The molecule has 0 unspecified atom stereocenters. The Hall–Kier alpha value is -3.18. The number of rotatable bonds is 4. The third-order valence-electron chi connectivity index (χ3n) is 4.45. The quantitative estimate of drug-likeness (QED) is 0.517. The molecule has 3 aromatic carbocycles. The molecule has 27 heavy (non-hydrogen) atoms. The van der Waals surface area contributed by atoms with Crippen LogP contribution in [0.15, 0.2) is 94.9 Å². The molecule has 1 heterocycles. The summed E-state index contributed by atoms with van der Waals surface area (Å²) in [6, 6.07) is 23.4. The number of ether oxygens (including phenoxy) is 1. The van der Waals surface area contributed by atoms with Gasteiger partial charge >= 0.3 is 0 Å². The Balaban J connectivity index is 2.10. The van der Waals surface area contributed by atoms with Crippen LogP contribution in [0.4, 0.5) is 0 Å². The second-order valence-corrected chi connectivity index (χ2v) is 7.98. The van der Waals surface area contributed by atoms with Crippen molar-refractivity contribution in [2.24, 2.45) is 0 Å². The first-order chi connectivity index (χ1) is 13.1. The molecule has 0 N–H and O–H groups in total. The van der Waals surface area contributed by atoms with E-state index in [1.54, 1.807) is 37.4 Å². The number of pyridine rings is 1. The van der Waals surface area contributed by atoms with Crippen LogP contribution in [0.3, 0.4) is 0 Å². The monoisotopic (exact) mass is 375 g/mol. The minimum Gasteiger partial charge on any atom is -0.497 e. The average Bonchev–Trinajstić information content (AvgIpc) is 2.73. The number of fused-ring (bicyclic) bond motifs is 1. The molecule has 0 atom stereocenters. The van der Waals surface area contributed by atoms with Crippen molar-refractivity contribution in [1.82, 2.24) is 4.98 Å². The maximum absolute atomic E-state index is 13.4. The van der Waals surface area contributed by atoms with Crippen LogP contribution in [0.1, 0.15) is 0 Å². The van der Waals surface area contributed by atoms with Crippen LogP contribution in [0.5, 0.6) is 5.75 Å². The SMILES string of the molecule is COc1ccc2ncc(S(=O)(=O)c3ccccc3)c(-c3ccccc3)c2c1. The summed E-state index contributed by atoms with van der Waals surface area (Å²) in [7, 11) is -2.15. The summed E-state index contributed by atoms with van der Waals surface area (Å²) < 4.78 is 32.1. The predicted molar refractivity (Wildman–Crippen MR) is 106 cm³/mol. The first-order valence-electron chi connectivity index (χ1n) is 8.43. The predicted octanol–water partition coefficient (Wildman–Crippen LogP) is 4.74.